The summed E-state index contributed by atoms with van der Waals surface area (Å²) >= 11 is 0. The number of nitrogens with one attached hydrogen (secondary N) is 1. The highest BCUT2D eigenvalue weighted by molar-refractivity contribution is 5.44. The van der Waals surface area contributed by atoms with Gasteiger partial charge in [-0.1, -0.05) is 29.8 Å². The average molecular weight is 270 g/mol. The van der Waals surface area contributed by atoms with E-state index < -0.39 is 0 Å². The minimum Gasteiger partial charge on any atom is -0.497 e. The lowest BCUT2D eigenvalue weighted by Gasteiger charge is -2.21. The second-order valence-electron chi connectivity index (χ2n) is 5.18. The van der Waals surface area contributed by atoms with Crippen molar-refractivity contribution in [3.63, 3.8) is 0 Å². The van der Waals surface area contributed by atoms with Gasteiger partial charge in [0, 0.05) is 0 Å². The predicted octanol–water partition coefficient (Wildman–Crippen LogP) is 3.17. The van der Waals surface area contributed by atoms with Crippen LogP contribution in [0.3, 0.4) is 0 Å². The zero-order chi connectivity index (χ0) is 14.7. The van der Waals surface area contributed by atoms with Crippen LogP contribution in [0.4, 0.5) is 0 Å². The fourth-order valence-electron chi connectivity index (χ4n) is 2.60. The minimum atomic E-state index is -0.0125. The van der Waals surface area contributed by atoms with Gasteiger partial charge in [0.1, 0.15) is 5.75 Å². The summed E-state index contributed by atoms with van der Waals surface area (Å²) in [4.78, 5) is 0. The van der Waals surface area contributed by atoms with Gasteiger partial charge in [0.25, 0.3) is 0 Å². The number of rotatable bonds is 4. The Labute approximate surface area is 120 Å². The predicted molar refractivity (Wildman–Crippen MR) is 82.8 cm³/mol. The van der Waals surface area contributed by atoms with Crippen LogP contribution in [0.5, 0.6) is 5.75 Å². The van der Waals surface area contributed by atoms with E-state index in [0.29, 0.717) is 0 Å². The number of hydrazine groups is 1. The van der Waals surface area contributed by atoms with Gasteiger partial charge < -0.3 is 4.74 Å². The molecule has 0 heterocycles. The summed E-state index contributed by atoms with van der Waals surface area (Å²) in [6.07, 6.45) is 0. The topological polar surface area (TPSA) is 47.3 Å². The van der Waals surface area contributed by atoms with Crippen LogP contribution in [0.2, 0.25) is 0 Å². The molecule has 0 fully saturated rings. The molecule has 0 amide bonds. The molecular formula is C17H22N2O. The van der Waals surface area contributed by atoms with Gasteiger partial charge in [0.15, 0.2) is 0 Å². The summed E-state index contributed by atoms with van der Waals surface area (Å²) in [5.41, 5.74) is 8.96. The molecule has 0 aliphatic heterocycles. The number of nitrogens with two attached hydrogens (primary N) is 1. The summed E-state index contributed by atoms with van der Waals surface area (Å²) in [5, 5.41) is 0. The molecule has 106 valence electrons. The van der Waals surface area contributed by atoms with Crippen LogP contribution >= 0.6 is 0 Å². The third-order valence-corrected chi connectivity index (χ3v) is 3.69. The first-order chi connectivity index (χ1) is 9.56. The smallest absolute Gasteiger partial charge is 0.119 e. The number of hydrogen-bond acceptors (Lipinski definition) is 3. The Kier molecular flexibility index (Phi) is 4.42. The minimum absolute atomic E-state index is 0.0125. The first-order valence-corrected chi connectivity index (χ1v) is 6.74. The van der Waals surface area contributed by atoms with Gasteiger partial charge in [-0.25, -0.2) is 5.43 Å². The standard InChI is InChI=1S/C17H22N2O/c1-11-5-7-15(12(2)9-11)17(19-18)16-8-6-14(20-4)10-13(16)3/h5-10,17,19H,18H2,1-4H3. The largest absolute Gasteiger partial charge is 0.497 e. The molecule has 3 nitrogen and oxygen atoms in total. The lowest BCUT2D eigenvalue weighted by atomic mass is 9.92. The molecule has 3 heteroatoms. The third kappa shape index (κ3) is 2.84. The van der Waals surface area contributed by atoms with E-state index in [0.717, 1.165) is 11.3 Å². The second-order valence-corrected chi connectivity index (χ2v) is 5.18. The Morgan fingerprint density at radius 3 is 2.05 bits per heavy atom. The summed E-state index contributed by atoms with van der Waals surface area (Å²) in [5.74, 6) is 6.67. The number of ether oxygens (including phenoxy) is 1. The van der Waals surface area contributed by atoms with Crippen molar-refractivity contribution in [2.75, 3.05) is 7.11 Å². The molecule has 0 bridgehead atoms. The van der Waals surface area contributed by atoms with Crippen LogP contribution in [-0.2, 0) is 0 Å². The second kappa shape index (κ2) is 6.07. The zero-order valence-electron chi connectivity index (χ0n) is 12.5. The summed E-state index contributed by atoms with van der Waals surface area (Å²) < 4.78 is 5.26. The van der Waals surface area contributed by atoms with Crippen molar-refractivity contribution < 1.29 is 4.74 Å². The van der Waals surface area contributed by atoms with E-state index in [4.69, 9.17) is 10.6 Å². The molecule has 2 rings (SSSR count). The molecule has 1 unspecified atom stereocenters. The van der Waals surface area contributed by atoms with Gasteiger partial charge >= 0.3 is 0 Å². The van der Waals surface area contributed by atoms with Crippen molar-refractivity contribution >= 4 is 0 Å². The van der Waals surface area contributed by atoms with Crippen LogP contribution in [0, 0.1) is 20.8 Å². The molecule has 0 spiro atoms. The van der Waals surface area contributed by atoms with Crippen molar-refractivity contribution in [1.29, 1.82) is 0 Å². The van der Waals surface area contributed by atoms with Gasteiger partial charge in [-0.15, -0.1) is 0 Å². The van der Waals surface area contributed by atoms with E-state index in [1.54, 1.807) is 7.11 Å². The van der Waals surface area contributed by atoms with Crippen LogP contribution in [0.15, 0.2) is 36.4 Å². The van der Waals surface area contributed by atoms with E-state index in [1.165, 1.54) is 22.3 Å². The van der Waals surface area contributed by atoms with E-state index in [1.807, 2.05) is 12.1 Å². The number of benzene rings is 2. The van der Waals surface area contributed by atoms with Crippen LogP contribution in [0.1, 0.15) is 33.9 Å². The molecule has 0 aromatic heterocycles. The molecule has 0 saturated heterocycles. The van der Waals surface area contributed by atoms with Crippen molar-refractivity contribution in [3.05, 3.63) is 64.2 Å². The van der Waals surface area contributed by atoms with Crippen LogP contribution in [0.25, 0.3) is 0 Å². The lowest BCUT2D eigenvalue weighted by molar-refractivity contribution is 0.414. The number of aryl methyl sites for hydroxylation is 3. The Balaban J connectivity index is 2.47. The maximum absolute atomic E-state index is 5.80. The van der Waals surface area contributed by atoms with E-state index in [-0.39, 0.29) is 6.04 Å². The molecule has 3 N–H and O–H groups in total. The SMILES string of the molecule is COc1ccc(C(NN)c2ccc(C)cc2C)c(C)c1. The first-order valence-electron chi connectivity index (χ1n) is 6.74. The molecule has 0 aliphatic carbocycles. The Hall–Kier alpha value is -1.84. The van der Waals surface area contributed by atoms with Crippen molar-refractivity contribution in [3.8, 4) is 5.75 Å². The number of methoxy groups -OCH3 is 1. The maximum atomic E-state index is 5.80. The van der Waals surface area contributed by atoms with Gasteiger partial charge in [-0.2, -0.15) is 0 Å². The molecule has 2 aromatic rings. The van der Waals surface area contributed by atoms with Crippen molar-refractivity contribution in [1.82, 2.24) is 5.43 Å². The molecule has 2 aromatic carbocycles. The van der Waals surface area contributed by atoms with E-state index in [9.17, 15) is 0 Å². The van der Waals surface area contributed by atoms with Gasteiger partial charge in [0.2, 0.25) is 0 Å². The quantitative estimate of drug-likeness (QED) is 0.662. The van der Waals surface area contributed by atoms with Crippen molar-refractivity contribution in [2.45, 2.75) is 26.8 Å². The number of hydrogen-bond donors (Lipinski definition) is 2. The highest BCUT2D eigenvalue weighted by Gasteiger charge is 2.17. The highest BCUT2D eigenvalue weighted by Crippen LogP contribution is 2.29. The fraction of sp³-hybridized carbons (Fsp3) is 0.294. The van der Waals surface area contributed by atoms with E-state index in [2.05, 4.69) is 50.5 Å². The molecule has 0 radical (unpaired) electrons. The lowest BCUT2D eigenvalue weighted by Crippen LogP contribution is -2.30. The Morgan fingerprint density at radius 1 is 0.950 bits per heavy atom. The first kappa shape index (κ1) is 14.6. The monoisotopic (exact) mass is 270 g/mol. The summed E-state index contributed by atoms with van der Waals surface area (Å²) in [7, 11) is 1.68. The molecule has 0 saturated carbocycles. The maximum Gasteiger partial charge on any atom is 0.119 e. The molecular weight excluding hydrogens is 248 g/mol. The third-order valence-electron chi connectivity index (χ3n) is 3.69. The summed E-state index contributed by atoms with van der Waals surface area (Å²) in [6, 6.07) is 12.5. The van der Waals surface area contributed by atoms with E-state index >= 15 is 0 Å². The van der Waals surface area contributed by atoms with Crippen LogP contribution in [-0.4, -0.2) is 7.11 Å². The molecule has 20 heavy (non-hydrogen) atoms. The van der Waals surface area contributed by atoms with Gasteiger partial charge in [-0.3, -0.25) is 5.84 Å². The van der Waals surface area contributed by atoms with Gasteiger partial charge in [-0.05, 0) is 55.2 Å². The Bertz CT molecular complexity index is 608. The summed E-state index contributed by atoms with van der Waals surface area (Å²) in [6.45, 7) is 6.29. The van der Waals surface area contributed by atoms with Crippen LogP contribution < -0.4 is 16.0 Å². The zero-order valence-corrected chi connectivity index (χ0v) is 12.5. The normalized spacial score (nSPS) is 12.2. The van der Waals surface area contributed by atoms with Crippen molar-refractivity contribution in [2.24, 2.45) is 5.84 Å². The fourth-order valence-corrected chi connectivity index (χ4v) is 2.60. The van der Waals surface area contributed by atoms with Gasteiger partial charge in [0.05, 0.1) is 13.2 Å². The molecule has 0 aliphatic rings. The average Bonchev–Trinajstić information content (AvgIpc) is 2.43. The molecule has 1 atom stereocenters. The Morgan fingerprint density at radius 2 is 1.55 bits per heavy atom. The highest BCUT2D eigenvalue weighted by atomic mass is 16.5.